The highest BCUT2D eigenvalue weighted by atomic mass is 35.5. The van der Waals surface area contributed by atoms with Crippen molar-refractivity contribution in [2.45, 2.75) is 18.2 Å². The number of halogens is 1. The van der Waals surface area contributed by atoms with Crippen LogP contribution in [0, 0.1) is 6.92 Å². The predicted molar refractivity (Wildman–Crippen MR) is 99.2 cm³/mol. The Bertz CT molecular complexity index is 1020. The van der Waals surface area contributed by atoms with Crippen LogP contribution in [0.25, 0.3) is 0 Å². The number of hydrogen-bond acceptors (Lipinski definition) is 4. The van der Waals surface area contributed by atoms with Crippen molar-refractivity contribution in [1.82, 2.24) is 0 Å². The molecule has 134 valence electrons. The molecular weight excluding hydrogens is 384 g/mol. The summed E-state index contributed by atoms with van der Waals surface area (Å²) < 4.78 is 53.1. The molecular formula is C16H17ClN2O4S2. The van der Waals surface area contributed by atoms with Crippen molar-refractivity contribution >= 4 is 43.0 Å². The second-order valence-electron chi connectivity index (χ2n) is 5.81. The van der Waals surface area contributed by atoms with Gasteiger partial charge in [0.05, 0.1) is 22.0 Å². The van der Waals surface area contributed by atoms with Gasteiger partial charge < -0.3 is 0 Å². The summed E-state index contributed by atoms with van der Waals surface area (Å²) in [5.74, 6) is 0.102. The van der Waals surface area contributed by atoms with Crippen LogP contribution in [0.4, 0.5) is 11.4 Å². The molecule has 0 atom stereocenters. The van der Waals surface area contributed by atoms with Gasteiger partial charge in [0.2, 0.25) is 10.0 Å². The minimum Gasteiger partial charge on any atom is -0.280 e. The Kier molecular flexibility index (Phi) is 4.70. The summed E-state index contributed by atoms with van der Waals surface area (Å²) in [6, 6.07) is 11.0. The third-order valence-electron chi connectivity index (χ3n) is 3.93. The molecule has 0 bridgehead atoms. The standard InChI is InChI=1S/C16H17ClN2O4S2/c1-12-6-7-13(17)10-16(12)25(22,23)18-14-4-2-5-15(11-14)19-8-3-9-24(19,20)21/h2,4-7,10-11,18H,3,8-9H2,1H3. The van der Waals surface area contributed by atoms with Gasteiger partial charge >= 0.3 is 0 Å². The van der Waals surface area contributed by atoms with E-state index in [-0.39, 0.29) is 10.6 Å². The van der Waals surface area contributed by atoms with Gasteiger partial charge in [-0.2, -0.15) is 0 Å². The number of benzene rings is 2. The Morgan fingerprint density at radius 3 is 2.60 bits per heavy atom. The minimum atomic E-state index is -3.84. The van der Waals surface area contributed by atoms with E-state index < -0.39 is 20.0 Å². The predicted octanol–water partition coefficient (Wildman–Crippen LogP) is 2.99. The molecule has 6 nitrogen and oxygen atoms in total. The molecule has 0 aromatic heterocycles. The van der Waals surface area contributed by atoms with Gasteiger partial charge in [-0.05, 0) is 49.2 Å². The molecule has 25 heavy (non-hydrogen) atoms. The van der Waals surface area contributed by atoms with E-state index in [1.54, 1.807) is 37.3 Å². The van der Waals surface area contributed by atoms with E-state index in [0.717, 1.165) is 0 Å². The normalized spacial score (nSPS) is 16.8. The van der Waals surface area contributed by atoms with E-state index in [9.17, 15) is 16.8 Å². The van der Waals surface area contributed by atoms with Gasteiger partial charge in [0.25, 0.3) is 10.0 Å². The molecule has 0 spiro atoms. The Labute approximate surface area is 152 Å². The smallest absolute Gasteiger partial charge is 0.262 e. The Balaban J connectivity index is 1.93. The first-order chi connectivity index (χ1) is 11.7. The van der Waals surface area contributed by atoms with E-state index >= 15 is 0 Å². The summed E-state index contributed by atoms with van der Waals surface area (Å²) in [4.78, 5) is 0.0826. The molecule has 1 heterocycles. The summed E-state index contributed by atoms with van der Waals surface area (Å²) in [7, 11) is -7.16. The van der Waals surface area contributed by atoms with Gasteiger partial charge in [-0.1, -0.05) is 23.7 Å². The van der Waals surface area contributed by atoms with Gasteiger partial charge in [-0.25, -0.2) is 16.8 Å². The van der Waals surface area contributed by atoms with Crippen LogP contribution >= 0.6 is 11.6 Å². The molecule has 3 rings (SSSR count). The molecule has 0 unspecified atom stereocenters. The molecule has 0 saturated carbocycles. The van der Waals surface area contributed by atoms with Gasteiger partial charge in [0, 0.05) is 11.6 Å². The number of aryl methyl sites for hydroxylation is 1. The van der Waals surface area contributed by atoms with Crippen LogP contribution < -0.4 is 9.03 Å². The minimum absolute atomic E-state index is 0.0826. The number of sulfonamides is 2. The highest BCUT2D eigenvalue weighted by Gasteiger charge is 2.28. The van der Waals surface area contributed by atoms with E-state index in [1.165, 1.54) is 16.4 Å². The maximum atomic E-state index is 12.6. The van der Waals surface area contributed by atoms with Gasteiger partial charge in [0.1, 0.15) is 0 Å². The maximum absolute atomic E-state index is 12.6. The summed E-state index contributed by atoms with van der Waals surface area (Å²) in [5.41, 5.74) is 1.30. The first-order valence-corrected chi connectivity index (χ1v) is 11.1. The largest absolute Gasteiger partial charge is 0.280 e. The number of anilines is 2. The van der Waals surface area contributed by atoms with Crippen LogP contribution in [0.3, 0.4) is 0 Å². The second-order valence-corrected chi connectivity index (χ2v) is 9.91. The average molecular weight is 401 g/mol. The van der Waals surface area contributed by atoms with Crippen molar-refractivity contribution in [2.24, 2.45) is 0 Å². The second kappa shape index (κ2) is 6.51. The molecule has 1 aliphatic rings. The van der Waals surface area contributed by atoms with Crippen molar-refractivity contribution in [3.8, 4) is 0 Å². The SMILES string of the molecule is Cc1ccc(Cl)cc1S(=O)(=O)Nc1cccc(N2CCCS2(=O)=O)c1. The maximum Gasteiger partial charge on any atom is 0.262 e. The van der Waals surface area contributed by atoms with Crippen molar-refractivity contribution in [1.29, 1.82) is 0 Å². The fraction of sp³-hybridized carbons (Fsp3) is 0.250. The van der Waals surface area contributed by atoms with Gasteiger partial charge in [-0.3, -0.25) is 9.03 Å². The molecule has 1 saturated heterocycles. The van der Waals surface area contributed by atoms with E-state index in [4.69, 9.17) is 11.6 Å². The van der Waals surface area contributed by atoms with Crippen LogP contribution in [-0.2, 0) is 20.0 Å². The Morgan fingerprint density at radius 2 is 1.92 bits per heavy atom. The molecule has 1 aliphatic heterocycles. The third kappa shape index (κ3) is 3.75. The topological polar surface area (TPSA) is 83.6 Å². The van der Waals surface area contributed by atoms with Gasteiger partial charge in [-0.15, -0.1) is 0 Å². The summed E-state index contributed by atoms with van der Waals surface area (Å²) in [5, 5.41) is 0.322. The average Bonchev–Trinajstić information content (AvgIpc) is 2.89. The lowest BCUT2D eigenvalue weighted by atomic mass is 10.2. The zero-order valence-corrected chi connectivity index (χ0v) is 15.8. The first-order valence-electron chi connectivity index (χ1n) is 7.58. The van der Waals surface area contributed by atoms with Crippen LogP contribution in [0.15, 0.2) is 47.4 Å². The van der Waals surface area contributed by atoms with Crippen molar-refractivity contribution in [3.63, 3.8) is 0 Å². The number of rotatable bonds is 4. The highest BCUT2D eigenvalue weighted by molar-refractivity contribution is 7.93. The summed E-state index contributed by atoms with van der Waals surface area (Å²) in [6.07, 6.45) is 0.556. The Morgan fingerprint density at radius 1 is 1.16 bits per heavy atom. The van der Waals surface area contributed by atoms with Gasteiger partial charge in [0.15, 0.2) is 0 Å². The lowest BCUT2D eigenvalue weighted by Crippen LogP contribution is -2.25. The fourth-order valence-electron chi connectivity index (χ4n) is 2.73. The van der Waals surface area contributed by atoms with Crippen LogP contribution in [-0.4, -0.2) is 29.1 Å². The lowest BCUT2D eigenvalue weighted by Gasteiger charge is -2.18. The number of nitrogens with one attached hydrogen (secondary N) is 1. The van der Waals surface area contributed by atoms with E-state index in [1.807, 2.05) is 0 Å². The quantitative estimate of drug-likeness (QED) is 0.855. The molecule has 2 aromatic carbocycles. The van der Waals surface area contributed by atoms with Crippen LogP contribution in [0.1, 0.15) is 12.0 Å². The monoisotopic (exact) mass is 400 g/mol. The zero-order valence-electron chi connectivity index (χ0n) is 13.4. The van der Waals surface area contributed by atoms with Crippen LogP contribution in [0.2, 0.25) is 5.02 Å². The molecule has 9 heteroatoms. The van der Waals surface area contributed by atoms with Crippen LogP contribution in [0.5, 0.6) is 0 Å². The fourth-order valence-corrected chi connectivity index (χ4v) is 5.84. The molecule has 2 aromatic rings. The number of hydrogen-bond donors (Lipinski definition) is 1. The first kappa shape index (κ1) is 18.0. The van der Waals surface area contributed by atoms with Crippen molar-refractivity contribution in [2.75, 3.05) is 21.3 Å². The van der Waals surface area contributed by atoms with Crippen molar-refractivity contribution in [3.05, 3.63) is 53.1 Å². The lowest BCUT2D eigenvalue weighted by molar-refractivity contribution is 0.598. The third-order valence-corrected chi connectivity index (χ3v) is 7.55. The summed E-state index contributed by atoms with van der Waals surface area (Å²) in [6.45, 7) is 2.07. The molecule has 0 amide bonds. The molecule has 1 N–H and O–H groups in total. The number of nitrogens with zero attached hydrogens (tertiary/aromatic N) is 1. The Hall–Kier alpha value is -1.77. The molecule has 1 fully saturated rings. The van der Waals surface area contributed by atoms with Crippen molar-refractivity contribution < 1.29 is 16.8 Å². The summed E-state index contributed by atoms with van der Waals surface area (Å²) >= 11 is 5.90. The van der Waals surface area contributed by atoms with E-state index in [0.29, 0.717) is 34.9 Å². The highest BCUT2D eigenvalue weighted by Crippen LogP contribution is 2.28. The van der Waals surface area contributed by atoms with E-state index in [2.05, 4.69) is 4.72 Å². The zero-order chi connectivity index (χ0) is 18.2. The molecule has 0 radical (unpaired) electrons. The molecule has 0 aliphatic carbocycles.